The molecule has 140 valence electrons. The number of sulfonamides is 1. The normalized spacial score (nSPS) is 11.5. The Balaban J connectivity index is 2.15. The lowest BCUT2D eigenvalue weighted by Crippen LogP contribution is -2.31. The molecule has 0 heterocycles. The summed E-state index contributed by atoms with van der Waals surface area (Å²) in [5, 5.41) is 2.82. The third-order valence-corrected chi connectivity index (χ3v) is 5.83. The molecule has 0 aliphatic heterocycles. The second kappa shape index (κ2) is 8.03. The molecule has 2 aromatic rings. The SMILES string of the molecule is CN(Cc1c(F)cccc1Cl)C(=O)Nc1cccc(S(=O)(=O)N(C)C)c1. The lowest BCUT2D eigenvalue weighted by molar-refractivity contribution is 0.220. The quantitative estimate of drug-likeness (QED) is 0.837. The van der Waals surface area contributed by atoms with Gasteiger partial charge in [-0.25, -0.2) is 21.9 Å². The van der Waals surface area contributed by atoms with Crippen LogP contribution in [0.5, 0.6) is 0 Å². The molecule has 1 N–H and O–H groups in total. The van der Waals surface area contributed by atoms with E-state index < -0.39 is 21.9 Å². The molecule has 0 fully saturated rings. The Kier molecular flexibility index (Phi) is 6.22. The Morgan fingerprint density at radius 2 is 1.81 bits per heavy atom. The van der Waals surface area contributed by atoms with Crippen molar-refractivity contribution in [3.8, 4) is 0 Å². The van der Waals surface area contributed by atoms with Crippen LogP contribution in [0.25, 0.3) is 0 Å². The second-order valence-electron chi connectivity index (χ2n) is 5.80. The summed E-state index contributed by atoms with van der Waals surface area (Å²) < 4.78 is 39.3. The number of nitrogens with zero attached hydrogens (tertiary/aromatic N) is 2. The van der Waals surface area contributed by atoms with Crippen molar-refractivity contribution in [3.05, 3.63) is 58.9 Å². The molecule has 0 bridgehead atoms. The lowest BCUT2D eigenvalue weighted by atomic mass is 10.2. The number of nitrogens with one attached hydrogen (secondary N) is 1. The molecular formula is C17H19ClFN3O3S. The summed E-state index contributed by atoms with van der Waals surface area (Å²) in [6, 6.07) is 9.66. The van der Waals surface area contributed by atoms with E-state index in [4.69, 9.17) is 11.6 Å². The number of anilines is 1. The van der Waals surface area contributed by atoms with Gasteiger partial charge in [-0.1, -0.05) is 23.7 Å². The fourth-order valence-electron chi connectivity index (χ4n) is 2.16. The highest BCUT2D eigenvalue weighted by Crippen LogP contribution is 2.21. The van der Waals surface area contributed by atoms with Crippen LogP contribution in [0.1, 0.15) is 5.56 Å². The van der Waals surface area contributed by atoms with E-state index in [0.29, 0.717) is 5.69 Å². The summed E-state index contributed by atoms with van der Waals surface area (Å²) in [6.07, 6.45) is 0. The highest BCUT2D eigenvalue weighted by Gasteiger charge is 2.19. The van der Waals surface area contributed by atoms with Crippen LogP contribution >= 0.6 is 11.6 Å². The number of hydrogen-bond donors (Lipinski definition) is 1. The van der Waals surface area contributed by atoms with Crippen LogP contribution in [-0.4, -0.2) is 44.8 Å². The smallest absolute Gasteiger partial charge is 0.321 e. The van der Waals surface area contributed by atoms with Gasteiger partial charge in [0.15, 0.2) is 0 Å². The number of benzene rings is 2. The Labute approximate surface area is 157 Å². The lowest BCUT2D eigenvalue weighted by Gasteiger charge is -2.19. The molecule has 0 unspecified atom stereocenters. The van der Waals surface area contributed by atoms with Crippen LogP contribution in [-0.2, 0) is 16.6 Å². The maximum absolute atomic E-state index is 13.8. The van der Waals surface area contributed by atoms with Crippen LogP contribution in [0, 0.1) is 5.82 Å². The first-order chi connectivity index (χ1) is 12.1. The highest BCUT2D eigenvalue weighted by atomic mass is 35.5. The van der Waals surface area contributed by atoms with E-state index in [1.54, 1.807) is 12.1 Å². The summed E-state index contributed by atoms with van der Waals surface area (Å²) in [6.45, 7) is -0.0347. The minimum Gasteiger partial charge on any atom is -0.323 e. The average molecular weight is 400 g/mol. The van der Waals surface area contributed by atoms with Crippen molar-refractivity contribution in [2.75, 3.05) is 26.5 Å². The van der Waals surface area contributed by atoms with Gasteiger partial charge in [-0.05, 0) is 30.3 Å². The van der Waals surface area contributed by atoms with Gasteiger partial charge in [-0.15, -0.1) is 0 Å². The molecule has 2 amide bonds. The molecule has 2 aromatic carbocycles. The maximum Gasteiger partial charge on any atom is 0.321 e. The van der Waals surface area contributed by atoms with Gasteiger partial charge >= 0.3 is 6.03 Å². The van der Waals surface area contributed by atoms with E-state index in [2.05, 4.69) is 5.32 Å². The zero-order valence-corrected chi connectivity index (χ0v) is 16.1. The van der Waals surface area contributed by atoms with Crippen molar-refractivity contribution < 1.29 is 17.6 Å². The fourth-order valence-corrected chi connectivity index (χ4v) is 3.33. The predicted octanol–water partition coefficient (Wildman–Crippen LogP) is 3.39. The van der Waals surface area contributed by atoms with E-state index in [0.717, 1.165) is 4.31 Å². The zero-order valence-electron chi connectivity index (χ0n) is 14.5. The molecule has 0 radical (unpaired) electrons. The predicted molar refractivity (Wildman–Crippen MR) is 99.2 cm³/mol. The standard InChI is InChI=1S/C17H19ClFN3O3S/c1-21(2)26(24,25)13-7-4-6-12(10-13)20-17(23)22(3)11-14-15(18)8-5-9-16(14)19/h4-10H,11H2,1-3H3,(H,20,23). The number of carbonyl (C=O) groups is 1. The van der Waals surface area contributed by atoms with Gasteiger partial charge in [0, 0.05) is 37.4 Å². The van der Waals surface area contributed by atoms with Crippen LogP contribution in [0.3, 0.4) is 0 Å². The van der Waals surface area contributed by atoms with Crippen molar-refractivity contribution in [1.82, 2.24) is 9.21 Å². The Morgan fingerprint density at radius 3 is 2.42 bits per heavy atom. The van der Waals surface area contributed by atoms with Gasteiger partial charge in [-0.3, -0.25) is 0 Å². The van der Waals surface area contributed by atoms with Crippen molar-refractivity contribution in [1.29, 1.82) is 0 Å². The topological polar surface area (TPSA) is 69.7 Å². The summed E-state index contributed by atoms with van der Waals surface area (Å²) >= 11 is 5.97. The molecule has 26 heavy (non-hydrogen) atoms. The average Bonchev–Trinajstić information content (AvgIpc) is 2.58. The van der Waals surface area contributed by atoms with Crippen LogP contribution < -0.4 is 5.32 Å². The van der Waals surface area contributed by atoms with Crippen molar-refractivity contribution in [3.63, 3.8) is 0 Å². The van der Waals surface area contributed by atoms with Crippen molar-refractivity contribution >= 4 is 33.3 Å². The van der Waals surface area contributed by atoms with E-state index in [1.807, 2.05) is 0 Å². The molecule has 2 rings (SSSR count). The van der Waals surface area contributed by atoms with Crippen molar-refractivity contribution in [2.24, 2.45) is 0 Å². The summed E-state index contributed by atoms with van der Waals surface area (Å²) in [7, 11) is 0.717. The highest BCUT2D eigenvalue weighted by molar-refractivity contribution is 7.89. The second-order valence-corrected chi connectivity index (χ2v) is 8.36. The maximum atomic E-state index is 13.8. The largest absolute Gasteiger partial charge is 0.323 e. The molecule has 0 saturated carbocycles. The number of urea groups is 1. The van der Waals surface area contributed by atoms with E-state index in [1.165, 1.54) is 56.4 Å². The number of rotatable bonds is 5. The minimum atomic E-state index is -3.61. The summed E-state index contributed by atoms with van der Waals surface area (Å²) in [5.41, 5.74) is 0.514. The number of halogens is 2. The Bertz CT molecular complexity index is 899. The first-order valence-corrected chi connectivity index (χ1v) is 9.42. The summed E-state index contributed by atoms with van der Waals surface area (Å²) in [5.74, 6) is -0.503. The Hall–Kier alpha value is -2.16. The first-order valence-electron chi connectivity index (χ1n) is 7.60. The third-order valence-electron chi connectivity index (χ3n) is 3.67. The number of carbonyl (C=O) groups excluding carboxylic acids is 1. The molecule has 9 heteroatoms. The number of amides is 2. The fraction of sp³-hybridized carbons (Fsp3) is 0.235. The van der Waals surface area contributed by atoms with Crippen LogP contribution in [0.2, 0.25) is 5.02 Å². The minimum absolute atomic E-state index is 0.0347. The molecule has 0 atom stereocenters. The van der Waals surface area contributed by atoms with Gasteiger partial charge in [0.2, 0.25) is 10.0 Å². The summed E-state index contributed by atoms with van der Waals surface area (Å²) in [4.78, 5) is 13.6. The molecule has 0 saturated heterocycles. The number of hydrogen-bond acceptors (Lipinski definition) is 3. The molecule has 0 aliphatic carbocycles. The molecule has 0 aromatic heterocycles. The molecule has 6 nitrogen and oxygen atoms in total. The third kappa shape index (κ3) is 4.51. The van der Waals surface area contributed by atoms with E-state index in [-0.39, 0.29) is 22.0 Å². The first kappa shape index (κ1) is 20.2. The van der Waals surface area contributed by atoms with E-state index >= 15 is 0 Å². The monoisotopic (exact) mass is 399 g/mol. The molecular weight excluding hydrogens is 381 g/mol. The van der Waals surface area contributed by atoms with Gasteiger partial charge < -0.3 is 10.2 Å². The van der Waals surface area contributed by atoms with Gasteiger partial charge in [-0.2, -0.15) is 0 Å². The van der Waals surface area contributed by atoms with Gasteiger partial charge in [0.25, 0.3) is 0 Å². The Morgan fingerprint density at radius 1 is 1.15 bits per heavy atom. The van der Waals surface area contributed by atoms with Crippen molar-refractivity contribution in [2.45, 2.75) is 11.4 Å². The zero-order chi connectivity index (χ0) is 19.5. The van der Waals surface area contributed by atoms with Crippen LogP contribution in [0.4, 0.5) is 14.9 Å². The van der Waals surface area contributed by atoms with Crippen LogP contribution in [0.15, 0.2) is 47.4 Å². The van der Waals surface area contributed by atoms with E-state index in [9.17, 15) is 17.6 Å². The molecule has 0 aliphatic rings. The molecule has 0 spiro atoms. The van der Waals surface area contributed by atoms with Gasteiger partial charge in [0.05, 0.1) is 11.4 Å². The van der Waals surface area contributed by atoms with Gasteiger partial charge in [0.1, 0.15) is 5.82 Å².